The first-order chi connectivity index (χ1) is 7.64. The molecule has 0 aromatic heterocycles. The highest BCUT2D eigenvalue weighted by molar-refractivity contribution is 5.55. The van der Waals surface area contributed by atoms with Crippen LogP contribution in [0.2, 0.25) is 0 Å². The monoisotopic (exact) mass is 233 g/mol. The van der Waals surface area contributed by atoms with Gasteiger partial charge in [0, 0.05) is 5.69 Å². The molecular formula is C16H27N. The largest absolute Gasteiger partial charge is 0.398 e. The number of nitrogen functional groups attached to an aromatic ring is 1. The minimum absolute atomic E-state index is 0.114. The zero-order valence-corrected chi connectivity index (χ0v) is 12.4. The molecule has 0 spiro atoms. The Bertz CT molecular complexity index is 397. The molecule has 0 heterocycles. The van der Waals surface area contributed by atoms with Crippen LogP contribution in [0.4, 0.5) is 5.69 Å². The highest BCUT2D eigenvalue weighted by Gasteiger charge is 2.21. The van der Waals surface area contributed by atoms with Gasteiger partial charge in [-0.2, -0.15) is 0 Å². The van der Waals surface area contributed by atoms with Crippen molar-refractivity contribution < 1.29 is 0 Å². The lowest BCUT2D eigenvalue weighted by Crippen LogP contribution is -2.16. The molecule has 0 aliphatic heterocycles. The van der Waals surface area contributed by atoms with E-state index in [0.29, 0.717) is 11.8 Å². The molecule has 1 nitrogen and oxygen atoms in total. The Kier molecular flexibility index (Phi) is 3.91. The maximum atomic E-state index is 6.15. The number of hydrogen-bond donors (Lipinski definition) is 1. The molecule has 0 aliphatic carbocycles. The Morgan fingerprint density at radius 3 is 2.00 bits per heavy atom. The minimum atomic E-state index is 0.114. The fourth-order valence-electron chi connectivity index (χ4n) is 2.25. The number of aryl methyl sites for hydroxylation is 1. The van der Waals surface area contributed by atoms with Gasteiger partial charge in [0.25, 0.3) is 0 Å². The van der Waals surface area contributed by atoms with Crippen LogP contribution in [0, 0.1) is 12.8 Å². The van der Waals surface area contributed by atoms with Crippen LogP contribution < -0.4 is 5.73 Å². The fourth-order valence-corrected chi connectivity index (χ4v) is 2.25. The molecule has 17 heavy (non-hydrogen) atoms. The third kappa shape index (κ3) is 3.02. The molecule has 1 atom stereocenters. The molecule has 0 saturated heterocycles. The molecule has 0 aliphatic rings. The first-order valence-corrected chi connectivity index (χ1v) is 6.55. The van der Waals surface area contributed by atoms with Crippen LogP contribution in [0.1, 0.15) is 64.2 Å². The molecule has 96 valence electrons. The summed E-state index contributed by atoms with van der Waals surface area (Å²) in [6, 6.07) is 4.45. The molecular weight excluding hydrogens is 206 g/mol. The van der Waals surface area contributed by atoms with Crippen LogP contribution in [0.5, 0.6) is 0 Å². The number of anilines is 1. The Balaban J connectivity index is 3.34. The van der Waals surface area contributed by atoms with Crippen LogP contribution in [0.3, 0.4) is 0 Å². The van der Waals surface area contributed by atoms with Crippen LogP contribution in [-0.4, -0.2) is 0 Å². The van der Waals surface area contributed by atoms with E-state index in [1.807, 2.05) is 0 Å². The predicted octanol–water partition coefficient (Wildman–Crippen LogP) is 4.63. The Morgan fingerprint density at radius 1 is 1.06 bits per heavy atom. The van der Waals surface area contributed by atoms with Gasteiger partial charge >= 0.3 is 0 Å². The predicted molar refractivity (Wildman–Crippen MR) is 77.5 cm³/mol. The average molecular weight is 233 g/mol. The van der Waals surface area contributed by atoms with Gasteiger partial charge in [-0.25, -0.2) is 0 Å². The molecule has 0 saturated carbocycles. The van der Waals surface area contributed by atoms with E-state index >= 15 is 0 Å². The van der Waals surface area contributed by atoms with Gasteiger partial charge in [0.2, 0.25) is 0 Å². The summed E-state index contributed by atoms with van der Waals surface area (Å²) in [7, 11) is 0. The lowest BCUT2D eigenvalue weighted by atomic mass is 9.80. The second kappa shape index (κ2) is 4.72. The summed E-state index contributed by atoms with van der Waals surface area (Å²) in [5.74, 6) is 1.24. The molecule has 2 N–H and O–H groups in total. The summed E-state index contributed by atoms with van der Waals surface area (Å²) < 4.78 is 0. The van der Waals surface area contributed by atoms with Crippen molar-refractivity contribution in [1.29, 1.82) is 0 Å². The summed E-state index contributed by atoms with van der Waals surface area (Å²) >= 11 is 0. The Morgan fingerprint density at radius 2 is 1.59 bits per heavy atom. The topological polar surface area (TPSA) is 26.0 Å². The van der Waals surface area contributed by atoms with Crippen LogP contribution >= 0.6 is 0 Å². The van der Waals surface area contributed by atoms with Gasteiger partial charge in [-0.05, 0) is 46.9 Å². The molecule has 1 aromatic carbocycles. The van der Waals surface area contributed by atoms with Gasteiger partial charge < -0.3 is 5.73 Å². The van der Waals surface area contributed by atoms with E-state index in [0.717, 1.165) is 5.69 Å². The van der Waals surface area contributed by atoms with Gasteiger partial charge in [-0.15, -0.1) is 0 Å². The second-order valence-electron chi connectivity index (χ2n) is 6.58. The zero-order chi connectivity index (χ0) is 13.4. The van der Waals surface area contributed by atoms with E-state index in [9.17, 15) is 0 Å². The summed E-state index contributed by atoms with van der Waals surface area (Å²) in [5.41, 5.74) is 11.2. The van der Waals surface area contributed by atoms with Gasteiger partial charge in [0.1, 0.15) is 0 Å². The third-order valence-corrected chi connectivity index (χ3v) is 3.74. The molecule has 0 fully saturated rings. The fraction of sp³-hybridized carbons (Fsp3) is 0.625. The van der Waals surface area contributed by atoms with Crippen molar-refractivity contribution in [2.24, 2.45) is 5.92 Å². The maximum Gasteiger partial charge on any atom is 0.0354 e. The second-order valence-corrected chi connectivity index (χ2v) is 6.58. The minimum Gasteiger partial charge on any atom is -0.398 e. The normalized spacial score (nSPS) is 14.1. The average Bonchev–Trinajstić information content (AvgIpc) is 2.14. The van der Waals surface area contributed by atoms with E-state index in [1.54, 1.807) is 0 Å². The lowest BCUT2D eigenvalue weighted by Gasteiger charge is -2.26. The summed E-state index contributed by atoms with van der Waals surface area (Å²) in [5, 5.41) is 0. The van der Waals surface area contributed by atoms with Gasteiger partial charge in [0.15, 0.2) is 0 Å². The van der Waals surface area contributed by atoms with Crippen molar-refractivity contribution in [3.63, 3.8) is 0 Å². The smallest absolute Gasteiger partial charge is 0.0354 e. The van der Waals surface area contributed by atoms with Crippen molar-refractivity contribution in [1.82, 2.24) is 0 Å². The number of nitrogens with two attached hydrogens (primary N) is 1. The van der Waals surface area contributed by atoms with Crippen molar-refractivity contribution in [2.45, 2.75) is 59.8 Å². The number of hydrogen-bond acceptors (Lipinski definition) is 1. The van der Waals surface area contributed by atoms with Gasteiger partial charge in [0.05, 0.1) is 0 Å². The molecule has 0 radical (unpaired) electrons. The summed E-state index contributed by atoms with van der Waals surface area (Å²) in [6.45, 7) is 15.7. The summed E-state index contributed by atoms with van der Waals surface area (Å²) in [4.78, 5) is 0. The van der Waals surface area contributed by atoms with Crippen LogP contribution in [-0.2, 0) is 5.41 Å². The molecule has 1 aromatic rings. The quantitative estimate of drug-likeness (QED) is 0.740. The van der Waals surface area contributed by atoms with E-state index in [2.05, 4.69) is 60.6 Å². The maximum absolute atomic E-state index is 6.15. The van der Waals surface area contributed by atoms with Crippen LogP contribution in [0.25, 0.3) is 0 Å². The zero-order valence-electron chi connectivity index (χ0n) is 12.4. The first-order valence-electron chi connectivity index (χ1n) is 6.55. The molecule has 1 unspecified atom stereocenters. The Hall–Kier alpha value is -0.980. The lowest BCUT2D eigenvalue weighted by molar-refractivity contribution is 0.529. The standard InChI is InChI=1S/C16H27N/c1-10(2)12(4)13-9-14(16(5,6)7)15(17)8-11(13)3/h8-10,12H,17H2,1-7H3. The van der Waals surface area contributed by atoms with E-state index in [-0.39, 0.29) is 5.41 Å². The molecule has 0 bridgehead atoms. The van der Waals surface area contributed by atoms with E-state index in [1.165, 1.54) is 16.7 Å². The van der Waals surface area contributed by atoms with Gasteiger partial charge in [-0.3, -0.25) is 0 Å². The number of benzene rings is 1. The highest BCUT2D eigenvalue weighted by atomic mass is 14.6. The summed E-state index contributed by atoms with van der Waals surface area (Å²) in [6.07, 6.45) is 0. The van der Waals surface area contributed by atoms with Crippen molar-refractivity contribution in [3.05, 3.63) is 28.8 Å². The highest BCUT2D eigenvalue weighted by Crippen LogP contribution is 2.34. The molecule has 1 heteroatoms. The Labute approximate surface area is 106 Å². The molecule has 1 rings (SSSR count). The third-order valence-electron chi connectivity index (χ3n) is 3.74. The van der Waals surface area contributed by atoms with E-state index in [4.69, 9.17) is 5.73 Å². The van der Waals surface area contributed by atoms with Gasteiger partial charge in [-0.1, -0.05) is 47.6 Å². The first kappa shape index (κ1) is 14.1. The van der Waals surface area contributed by atoms with Crippen molar-refractivity contribution >= 4 is 5.69 Å². The van der Waals surface area contributed by atoms with E-state index < -0.39 is 0 Å². The number of rotatable bonds is 2. The van der Waals surface area contributed by atoms with Crippen molar-refractivity contribution in [3.8, 4) is 0 Å². The SMILES string of the molecule is Cc1cc(N)c(C(C)(C)C)cc1C(C)C(C)C. The molecule has 0 amide bonds. The van der Waals surface area contributed by atoms with Crippen molar-refractivity contribution in [2.75, 3.05) is 5.73 Å². The van der Waals surface area contributed by atoms with Crippen LogP contribution in [0.15, 0.2) is 12.1 Å².